The van der Waals surface area contributed by atoms with Gasteiger partial charge in [-0.2, -0.15) is 10.2 Å². The molecule has 74 valence electrons. The maximum Gasteiger partial charge on any atom is 0.348 e. The molecule has 0 fully saturated rings. The highest BCUT2D eigenvalue weighted by atomic mass is 35.5. The number of hydrogen-bond acceptors (Lipinski definition) is 3. The molecule has 0 amide bonds. The SMILES string of the molecule is Cc1cc(C)n(CC(Cl)C#N)c(=O)n1. The molecule has 0 radical (unpaired) electrons. The maximum absolute atomic E-state index is 11.4. The van der Waals surface area contributed by atoms with Crippen molar-refractivity contribution in [1.29, 1.82) is 5.26 Å². The van der Waals surface area contributed by atoms with Gasteiger partial charge in [0.2, 0.25) is 0 Å². The predicted octanol–water partition coefficient (Wildman–Crippen LogP) is 0.991. The van der Waals surface area contributed by atoms with E-state index in [-0.39, 0.29) is 12.2 Å². The zero-order valence-corrected chi connectivity index (χ0v) is 8.75. The van der Waals surface area contributed by atoms with Gasteiger partial charge >= 0.3 is 5.69 Å². The van der Waals surface area contributed by atoms with Gasteiger partial charge in [0.25, 0.3) is 0 Å². The summed E-state index contributed by atoms with van der Waals surface area (Å²) in [6, 6.07) is 3.64. The second-order valence-corrected chi connectivity index (χ2v) is 3.56. The summed E-state index contributed by atoms with van der Waals surface area (Å²) in [4.78, 5) is 15.2. The van der Waals surface area contributed by atoms with Crippen LogP contribution in [0.2, 0.25) is 0 Å². The molecule has 1 aromatic rings. The second-order valence-electron chi connectivity index (χ2n) is 3.03. The molecule has 1 rings (SSSR count). The van der Waals surface area contributed by atoms with Crippen molar-refractivity contribution in [3.8, 4) is 6.07 Å². The Kier molecular flexibility index (Phi) is 3.26. The summed E-state index contributed by atoms with van der Waals surface area (Å²) in [7, 11) is 0. The van der Waals surface area contributed by atoms with E-state index in [1.54, 1.807) is 19.9 Å². The van der Waals surface area contributed by atoms with Crippen molar-refractivity contribution in [3.05, 3.63) is 27.9 Å². The molecule has 0 bridgehead atoms. The third-order valence-electron chi connectivity index (χ3n) is 1.83. The maximum atomic E-state index is 11.4. The van der Waals surface area contributed by atoms with Gasteiger partial charge in [0.15, 0.2) is 0 Å². The standard InChI is InChI=1S/C9H10ClN3O/c1-6-3-7(2)13(9(14)12-6)5-8(10)4-11/h3,8H,5H2,1-2H3. The Bertz CT molecular complexity index is 433. The highest BCUT2D eigenvalue weighted by molar-refractivity contribution is 6.22. The van der Waals surface area contributed by atoms with E-state index in [4.69, 9.17) is 16.9 Å². The van der Waals surface area contributed by atoms with E-state index in [0.717, 1.165) is 5.69 Å². The van der Waals surface area contributed by atoms with Gasteiger partial charge in [0.05, 0.1) is 12.6 Å². The molecule has 4 nitrogen and oxygen atoms in total. The molecule has 1 heterocycles. The number of alkyl halides is 1. The molecule has 14 heavy (non-hydrogen) atoms. The lowest BCUT2D eigenvalue weighted by atomic mass is 10.3. The molecule has 0 N–H and O–H groups in total. The molecule has 1 unspecified atom stereocenters. The summed E-state index contributed by atoms with van der Waals surface area (Å²) in [5.74, 6) is 0. The fraction of sp³-hybridized carbons (Fsp3) is 0.444. The molecule has 5 heteroatoms. The van der Waals surface area contributed by atoms with E-state index >= 15 is 0 Å². The van der Waals surface area contributed by atoms with Gasteiger partial charge in [-0.25, -0.2) is 4.79 Å². The second kappa shape index (κ2) is 4.25. The molecular formula is C9H10ClN3O. The van der Waals surface area contributed by atoms with Crippen molar-refractivity contribution in [2.24, 2.45) is 0 Å². The number of aryl methyl sites for hydroxylation is 2. The van der Waals surface area contributed by atoms with E-state index in [1.807, 2.05) is 6.07 Å². The zero-order chi connectivity index (χ0) is 10.7. The minimum Gasteiger partial charge on any atom is -0.294 e. The van der Waals surface area contributed by atoms with Gasteiger partial charge in [0, 0.05) is 11.4 Å². The number of halogens is 1. The Morgan fingerprint density at radius 1 is 1.71 bits per heavy atom. The Hall–Kier alpha value is -1.34. The topological polar surface area (TPSA) is 58.7 Å². The van der Waals surface area contributed by atoms with E-state index in [1.165, 1.54) is 4.57 Å². The largest absolute Gasteiger partial charge is 0.348 e. The minimum atomic E-state index is -0.698. The first-order valence-electron chi connectivity index (χ1n) is 4.13. The van der Waals surface area contributed by atoms with E-state index in [9.17, 15) is 4.79 Å². The van der Waals surface area contributed by atoms with Crippen LogP contribution in [0.3, 0.4) is 0 Å². The third-order valence-corrected chi connectivity index (χ3v) is 2.06. The van der Waals surface area contributed by atoms with Crippen molar-refractivity contribution in [1.82, 2.24) is 9.55 Å². The van der Waals surface area contributed by atoms with Crippen molar-refractivity contribution in [2.45, 2.75) is 25.8 Å². The van der Waals surface area contributed by atoms with E-state index in [0.29, 0.717) is 5.69 Å². The van der Waals surface area contributed by atoms with E-state index in [2.05, 4.69) is 4.98 Å². The molecule has 0 spiro atoms. The van der Waals surface area contributed by atoms with Gasteiger partial charge in [-0.15, -0.1) is 11.6 Å². The third kappa shape index (κ3) is 2.33. The average molecular weight is 212 g/mol. The molecule has 0 aliphatic heterocycles. The summed E-state index contributed by atoms with van der Waals surface area (Å²) in [6.07, 6.45) is 0. The summed E-state index contributed by atoms with van der Waals surface area (Å²) in [6.45, 7) is 3.72. The molecular weight excluding hydrogens is 202 g/mol. The summed E-state index contributed by atoms with van der Waals surface area (Å²) in [5.41, 5.74) is 1.08. The number of hydrogen-bond donors (Lipinski definition) is 0. The molecule has 1 aromatic heterocycles. The van der Waals surface area contributed by atoms with Crippen LogP contribution in [0.1, 0.15) is 11.4 Å². The quantitative estimate of drug-likeness (QED) is 0.686. The van der Waals surface area contributed by atoms with Gasteiger partial charge < -0.3 is 0 Å². The Balaban J connectivity index is 3.11. The van der Waals surface area contributed by atoms with Crippen LogP contribution in [0, 0.1) is 25.2 Å². The summed E-state index contributed by atoms with van der Waals surface area (Å²) >= 11 is 5.63. The van der Waals surface area contributed by atoms with Gasteiger partial charge in [-0.3, -0.25) is 4.57 Å². The highest BCUT2D eigenvalue weighted by Gasteiger charge is 2.08. The van der Waals surface area contributed by atoms with Crippen LogP contribution in [-0.2, 0) is 6.54 Å². The van der Waals surface area contributed by atoms with Gasteiger partial charge in [-0.05, 0) is 19.9 Å². The van der Waals surface area contributed by atoms with Crippen LogP contribution in [0.4, 0.5) is 0 Å². The first kappa shape index (κ1) is 10.7. The van der Waals surface area contributed by atoms with E-state index < -0.39 is 5.38 Å². The van der Waals surface area contributed by atoms with Crippen molar-refractivity contribution < 1.29 is 0 Å². The summed E-state index contributed by atoms with van der Waals surface area (Å²) in [5, 5.41) is 7.82. The lowest BCUT2D eigenvalue weighted by Crippen LogP contribution is -2.28. The van der Waals surface area contributed by atoms with Crippen LogP contribution >= 0.6 is 11.6 Å². The Morgan fingerprint density at radius 3 is 2.86 bits per heavy atom. The molecule has 0 saturated heterocycles. The fourth-order valence-corrected chi connectivity index (χ4v) is 1.34. The zero-order valence-electron chi connectivity index (χ0n) is 7.99. The van der Waals surface area contributed by atoms with Gasteiger partial charge in [-0.1, -0.05) is 0 Å². The first-order chi connectivity index (χ1) is 6.54. The van der Waals surface area contributed by atoms with Crippen LogP contribution in [-0.4, -0.2) is 14.9 Å². The Labute approximate surface area is 86.8 Å². The van der Waals surface area contributed by atoms with Crippen LogP contribution in [0.25, 0.3) is 0 Å². The average Bonchev–Trinajstić information content (AvgIpc) is 2.10. The van der Waals surface area contributed by atoms with Crippen molar-refractivity contribution >= 4 is 11.6 Å². The molecule has 0 aromatic carbocycles. The molecule has 1 atom stereocenters. The lowest BCUT2D eigenvalue weighted by molar-refractivity contribution is 0.642. The Morgan fingerprint density at radius 2 is 2.36 bits per heavy atom. The fourth-order valence-electron chi connectivity index (χ4n) is 1.20. The van der Waals surface area contributed by atoms with Gasteiger partial charge in [0.1, 0.15) is 5.38 Å². The lowest BCUT2D eigenvalue weighted by Gasteiger charge is -2.09. The minimum absolute atomic E-state index is 0.177. The van der Waals surface area contributed by atoms with Crippen LogP contribution in [0.5, 0.6) is 0 Å². The molecule has 0 aliphatic rings. The highest BCUT2D eigenvalue weighted by Crippen LogP contribution is 2.01. The first-order valence-corrected chi connectivity index (χ1v) is 4.57. The number of nitriles is 1. The smallest absolute Gasteiger partial charge is 0.294 e. The molecule has 0 aliphatic carbocycles. The normalized spacial score (nSPS) is 12.1. The number of rotatable bonds is 2. The summed E-state index contributed by atoms with van der Waals surface area (Å²) < 4.78 is 1.40. The van der Waals surface area contributed by atoms with Crippen LogP contribution in [0.15, 0.2) is 10.9 Å². The molecule has 0 saturated carbocycles. The van der Waals surface area contributed by atoms with Crippen molar-refractivity contribution in [3.63, 3.8) is 0 Å². The predicted molar refractivity (Wildman–Crippen MR) is 53.2 cm³/mol. The van der Waals surface area contributed by atoms with Crippen molar-refractivity contribution in [2.75, 3.05) is 0 Å². The van der Waals surface area contributed by atoms with Crippen LogP contribution < -0.4 is 5.69 Å². The number of aromatic nitrogens is 2. The number of nitrogens with zero attached hydrogens (tertiary/aromatic N) is 3. The monoisotopic (exact) mass is 211 g/mol.